The Hall–Kier alpha value is -2.73. The minimum Gasteiger partial charge on any atom is -0.264 e. The maximum atomic E-state index is 13.0. The van der Waals surface area contributed by atoms with E-state index in [0.717, 1.165) is 5.39 Å². The van der Waals surface area contributed by atoms with E-state index in [1.807, 2.05) is 12.1 Å². The Morgan fingerprint density at radius 3 is 2.73 bits per heavy atom. The van der Waals surface area contributed by atoms with Crippen molar-refractivity contribution < 1.29 is 8.42 Å². The van der Waals surface area contributed by atoms with Gasteiger partial charge in [0.05, 0.1) is 15.9 Å². The molecule has 0 radical (unpaired) electrons. The van der Waals surface area contributed by atoms with Crippen LogP contribution in [-0.4, -0.2) is 22.4 Å². The number of hydrogen-bond donors (Lipinski definition) is 0. The summed E-state index contributed by atoms with van der Waals surface area (Å²) in [6, 6.07) is 14.0. The molecule has 0 N–H and O–H groups in total. The fraction of sp³-hybridized carbons (Fsp3) is 0. The first-order valence-electron chi connectivity index (χ1n) is 6.68. The predicted octanol–water partition coefficient (Wildman–Crippen LogP) is 2.82. The van der Waals surface area contributed by atoms with Gasteiger partial charge in [-0.05, 0) is 24.3 Å². The second-order valence-electron chi connectivity index (χ2n) is 4.89. The van der Waals surface area contributed by atoms with Crippen LogP contribution in [0.1, 0.15) is 0 Å². The van der Waals surface area contributed by atoms with Gasteiger partial charge in [0.1, 0.15) is 6.33 Å². The number of pyridine rings is 1. The Morgan fingerprint density at radius 2 is 1.82 bits per heavy atom. The van der Waals surface area contributed by atoms with Crippen LogP contribution in [0.2, 0.25) is 0 Å². The maximum Gasteiger partial charge on any atom is 0.270 e. The Balaban J connectivity index is 2.05. The molecule has 0 saturated heterocycles. The van der Waals surface area contributed by atoms with Crippen molar-refractivity contribution >= 4 is 31.8 Å². The molecule has 2 aromatic heterocycles. The third-order valence-electron chi connectivity index (χ3n) is 3.60. The van der Waals surface area contributed by atoms with E-state index >= 15 is 0 Å². The van der Waals surface area contributed by atoms with Gasteiger partial charge in [-0.1, -0.05) is 24.3 Å². The van der Waals surface area contributed by atoms with Gasteiger partial charge >= 0.3 is 0 Å². The Labute approximate surface area is 126 Å². The summed E-state index contributed by atoms with van der Waals surface area (Å²) in [5, 5.41) is 1.43. The van der Waals surface area contributed by atoms with Gasteiger partial charge in [0.2, 0.25) is 0 Å². The van der Waals surface area contributed by atoms with E-state index in [1.165, 1.54) is 10.3 Å². The highest BCUT2D eigenvalue weighted by Crippen LogP contribution is 2.26. The lowest BCUT2D eigenvalue weighted by molar-refractivity contribution is 0.589. The third kappa shape index (κ3) is 1.81. The molecular formula is C16H11N3O2S. The van der Waals surface area contributed by atoms with Gasteiger partial charge in [0.15, 0.2) is 0 Å². The van der Waals surface area contributed by atoms with Crippen LogP contribution in [0, 0.1) is 0 Å². The number of para-hydroxylation sites is 2. The lowest BCUT2D eigenvalue weighted by atomic mass is 10.2. The Morgan fingerprint density at radius 1 is 0.955 bits per heavy atom. The zero-order valence-electron chi connectivity index (χ0n) is 11.4. The second kappa shape index (κ2) is 4.64. The van der Waals surface area contributed by atoms with E-state index in [9.17, 15) is 8.42 Å². The van der Waals surface area contributed by atoms with E-state index in [4.69, 9.17) is 0 Å². The van der Waals surface area contributed by atoms with Crippen LogP contribution in [0.5, 0.6) is 0 Å². The summed E-state index contributed by atoms with van der Waals surface area (Å²) in [6.45, 7) is 0. The molecule has 0 aliphatic heterocycles. The molecule has 0 bridgehead atoms. The predicted molar refractivity (Wildman–Crippen MR) is 84.1 cm³/mol. The molecule has 0 atom stereocenters. The summed E-state index contributed by atoms with van der Waals surface area (Å²) in [4.78, 5) is 8.44. The number of benzene rings is 2. The van der Waals surface area contributed by atoms with E-state index in [1.54, 1.807) is 48.8 Å². The lowest BCUT2D eigenvalue weighted by Gasteiger charge is -2.09. The molecule has 22 heavy (non-hydrogen) atoms. The van der Waals surface area contributed by atoms with Crippen molar-refractivity contribution in [2.24, 2.45) is 0 Å². The van der Waals surface area contributed by atoms with Crippen molar-refractivity contribution in [3.63, 3.8) is 0 Å². The molecule has 0 amide bonds. The van der Waals surface area contributed by atoms with Gasteiger partial charge in [-0.25, -0.2) is 17.4 Å². The smallest absolute Gasteiger partial charge is 0.264 e. The van der Waals surface area contributed by atoms with E-state index < -0.39 is 10.0 Å². The van der Waals surface area contributed by atoms with Crippen molar-refractivity contribution in [1.29, 1.82) is 0 Å². The zero-order valence-corrected chi connectivity index (χ0v) is 12.2. The molecule has 108 valence electrons. The first kappa shape index (κ1) is 13.0. The average molecular weight is 309 g/mol. The summed E-state index contributed by atoms with van der Waals surface area (Å²) >= 11 is 0. The number of fused-ring (bicyclic) bond motifs is 2. The summed E-state index contributed by atoms with van der Waals surface area (Å²) in [5.41, 5.74) is 1.21. The molecule has 0 saturated carbocycles. The van der Waals surface area contributed by atoms with Crippen LogP contribution < -0.4 is 0 Å². The molecule has 4 aromatic rings. The molecule has 2 heterocycles. The van der Waals surface area contributed by atoms with Gasteiger partial charge in [-0.3, -0.25) is 4.98 Å². The highest BCUT2D eigenvalue weighted by molar-refractivity contribution is 7.90. The first-order chi connectivity index (χ1) is 10.7. The Kier molecular flexibility index (Phi) is 2.74. The highest BCUT2D eigenvalue weighted by Gasteiger charge is 2.21. The fourth-order valence-electron chi connectivity index (χ4n) is 2.55. The first-order valence-corrected chi connectivity index (χ1v) is 8.12. The molecule has 2 aromatic carbocycles. The van der Waals surface area contributed by atoms with E-state index in [0.29, 0.717) is 16.4 Å². The third-order valence-corrected chi connectivity index (χ3v) is 5.32. The molecule has 6 heteroatoms. The quantitative estimate of drug-likeness (QED) is 0.571. The van der Waals surface area contributed by atoms with Gasteiger partial charge in [-0.2, -0.15) is 0 Å². The van der Waals surface area contributed by atoms with Crippen LogP contribution in [0.4, 0.5) is 0 Å². The molecule has 4 rings (SSSR count). The van der Waals surface area contributed by atoms with Crippen LogP contribution in [0.3, 0.4) is 0 Å². The number of imidazole rings is 1. The van der Waals surface area contributed by atoms with E-state index in [2.05, 4.69) is 9.97 Å². The second-order valence-corrected chi connectivity index (χ2v) is 6.67. The molecule has 0 aliphatic rings. The van der Waals surface area contributed by atoms with Gasteiger partial charge in [0.25, 0.3) is 10.0 Å². The van der Waals surface area contributed by atoms with E-state index in [-0.39, 0.29) is 4.90 Å². The lowest BCUT2D eigenvalue weighted by Crippen LogP contribution is -2.12. The molecule has 0 fully saturated rings. The largest absolute Gasteiger partial charge is 0.270 e. The number of hydrogen-bond acceptors (Lipinski definition) is 4. The number of aromatic nitrogens is 3. The van der Waals surface area contributed by atoms with Crippen molar-refractivity contribution in [3.05, 3.63) is 67.3 Å². The minimum absolute atomic E-state index is 0.246. The molecular weight excluding hydrogens is 298 g/mol. The topological polar surface area (TPSA) is 64.8 Å². The van der Waals surface area contributed by atoms with Crippen molar-refractivity contribution in [2.75, 3.05) is 0 Å². The highest BCUT2D eigenvalue weighted by atomic mass is 32.2. The molecule has 0 spiro atoms. The summed E-state index contributed by atoms with van der Waals surface area (Å²) in [5.74, 6) is 0. The monoisotopic (exact) mass is 309 g/mol. The summed E-state index contributed by atoms with van der Waals surface area (Å²) < 4.78 is 27.3. The fourth-order valence-corrected chi connectivity index (χ4v) is 4.06. The van der Waals surface area contributed by atoms with Crippen LogP contribution in [0.25, 0.3) is 21.8 Å². The van der Waals surface area contributed by atoms with Crippen LogP contribution in [0.15, 0.2) is 72.1 Å². The van der Waals surface area contributed by atoms with Crippen molar-refractivity contribution in [2.45, 2.75) is 4.90 Å². The molecule has 5 nitrogen and oxygen atoms in total. The number of rotatable bonds is 2. The summed E-state index contributed by atoms with van der Waals surface area (Å²) in [6.07, 6.45) is 4.59. The average Bonchev–Trinajstić information content (AvgIpc) is 2.99. The summed E-state index contributed by atoms with van der Waals surface area (Å²) in [7, 11) is -3.72. The standard InChI is InChI=1S/C16H11N3O2S/c20-22(21,19-11-18-14-5-1-2-6-15(14)19)16-7-3-4-12-10-17-9-8-13(12)16/h1-11H. The van der Waals surface area contributed by atoms with Crippen molar-refractivity contribution in [1.82, 2.24) is 13.9 Å². The maximum absolute atomic E-state index is 13.0. The SMILES string of the molecule is O=S(=O)(c1cccc2cnccc12)n1cnc2ccccc21. The number of nitrogens with zero attached hydrogens (tertiary/aromatic N) is 3. The van der Waals surface area contributed by atoms with Gasteiger partial charge < -0.3 is 0 Å². The molecule has 0 aliphatic carbocycles. The van der Waals surface area contributed by atoms with Crippen LogP contribution >= 0.6 is 0 Å². The normalized spacial score (nSPS) is 12.0. The van der Waals surface area contributed by atoms with Gasteiger partial charge in [-0.15, -0.1) is 0 Å². The Bertz CT molecular complexity index is 1100. The van der Waals surface area contributed by atoms with Crippen molar-refractivity contribution in [3.8, 4) is 0 Å². The van der Waals surface area contributed by atoms with Gasteiger partial charge in [0, 0.05) is 23.2 Å². The minimum atomic E-state index is -3.72. The van der Waals surface area contributed by atoms with Crippen LogP contribution in [-0.2, 0) is 10.0 Å². The zero-order chi connectivity index (χ0) is 15.2. The molecule has 0 unspecified atom stereocenters.